The Balaban J connectivity index is 2.28. The first-order valence-corrected chi connectivity index (χ1v) is 6.70. The summed E-state index contributed by atoms with van der Waals surface area (Å²) in [5, 5.41) is 12.8. The van der Waals surface area contributed by atoms with Crippen molar-refractivity contribution in [3.05, 3.63) is 64.5 Å². The van der Waals surface area contributed by atoms with E-state index in [2.05, 4.69) is 11.4 Å². The molecule has 0 fully saturated rings. The predicted octanol–water partition coefficient (Wildman–Crippen LogP) is 3.90. The largest absolute Gasteiger partial charge is 0.394 e. The lowest BCUT2D eigenvalue weighted by molar-refractivity contribution is 0.276. The SMILES string of the molecule is Cc1cc(F)cc(NC(CO)c2cc(C)cc(C)c2)c1. The lowest BCUT2D eigenvalue weighted by Crippen LogP contribution is -2.15. The maximum Gasteiger partial charge on any atom is 0.125 e. The van der Waals surface area contributed by atoms with Gasteiger partial charge < -0.3 is 10.4 Å². The second kappa shape index (κ2) is 6.06. The zero-order valence-electron chi connectivity index (χ0n) is 12.1. The van der Waals surface area contributed by atoms with Gasteiger partial charge in [0.1, 0.15) is 5.82 Å². The van der Waals surface area contributed by atoms with Crippen molar-refractivity contribution in [1.29, 1.82) is 0 Å². The molecule has 3 heteroatoms. The maximum absolute atomic E-state index is 13.4. The zero-order valence-corrected chi connectivity index (χ0v) is 12.1. The van der Waals surface area contributed by atoms with Crippen LogP contribution in [0.25, 0.3) is 0 Å². The van der Waals surface area contributed by atoms with Gasteiger partial charge in [0.05, 0.1) is 12.6 Å². The summed E-state index contributed by atoms with van der Waals surface area (Å²) in [5.74, 6) is -0.274. The van der Waals surface area contributed by atoms with Crippen LogP contribution in [0, 0.1) is 26.6 Å². The van der Waals surface area contributed by atoms with Gasteiger partial charge in [0, 0.05) is 5.69 Å². The Kier molecular flexibility index (Phi) is 4.40. The van der Waals surface area contributed by atoms with Crippen LogP contribution in [0.1, 0.15) is 28.3 Å². The molecule has 106 valence electrons. The van der Waals surface area contributed by atoms with Gasteiger partial charge >= 0.3 is 0 Å². The third-order valence-corrected chi connectivity index (χ3v) is 3.21. The van der Waals surface area contributed by atoms with Crippen LogP contribution >= 0.6 is 0 Å². The van der Waals surface area contributed by atoms with E-state index in [0.29, 0.717) is 5.69 Å². The summed E-state index contributed by atoms with van der Waals surface area (Å²) < 4.78 is 13.4. The first-order chi connectivity index (χ1) is 9.47. The van der Waals surface area contributed by atoms with Gasteiger partial charge in [-0.15, -0.1) is 0 Å². The van der Waals surface area contributed by atoms with Gasteiger partial charge in [-0.05, 0) is 50.1 Å². The summed E-state index contributed by atoms with van der Waals surface area (Å²) in [7, 11) is 0. The molecule has 0 aliphatic rings. The van der Waals surface area contributed by atoms with Crippen LogP contribution in [-0.2, 0) is 0 Å². The molecule has 2 rings (SSSR count). The monoisotopic (exact) mass is 273 g/mol. The maximum atomic E-state index is 13.4. The zero-order chi connectivity index (χ0) is 14.7. The number of benzene rings is 2. The molecule has 0 spiro atoms. The topological polar surface area (TPSA) is 32.3 Å². The third kappa shape index (κ3) is 3.58. The van der Waals surface area contributed by atoms with E-state index in [1.807, 2.05) is 39.0 Å². The molecule has 2 N–H and O–H groups in total. The Morgan fingerprint density at radius 3 is 2.10 bits per heavy atom. The Morgan fingerprint density at radius 1 is 0.950 bits per heavy atom. The quantitative estimate of drug-likeness (QED) is 0.885. The Bertz CT molecular complexity index is 569. The van der Waals surface area contributed by atoms with Gasteiger partial charge in [-0.25, -0.2) is 4.39 Å². The van der Waals surface area contributed by atoms with E-state index in [1.165, 1.54) is 12.1 Å². The van der Waals surface area contributed by atoms with Gasteiger partial charge in [0.15, 0.2) is 0 Å². The van der Waals surface area contributed by atoms with Crippen LogP contribution < -0.4 is 5.32 Å². The van der Waals surface area contributed by atoms with E-state index in [1.54, 1.807) is 0 Å². The van der Waals surface area contributed by atoms with Crippen LogP contribution in [0.2, 0.25) is 0 Å². The lowest BCUT2D eigenvalue weighted by Gasteiger charge is -2.19. The number of hydrogen-bond acceptors (Lipinski definition) is 2. The molecular weight excluding hydrogens is 253 g/mol. The second-order valence-electron chi connectivity index (χ2n) is 5.32. The minimum Gasteiger partial charge on any atom is -0.394 e. The summed E-state index contributed by atoms with van der Waals surface area (Å²) in [6, 6.07) is 10.7. The van der Waals surface area contributed by atoms with Crippen LogP contribution in [0.4, 0.5) is 10.1 Å². The van der Waals surface area contributed by atoms with E-state index in [0.717, 1.165) is 22.3 Å². The normalized spacial score (nSPS) is 12.2. The van der Waals surface area contributed by atoms with Gasteiger partial charge in [0.25, 0.3) is 0 Å². The van der Waals surface area contributed by atoms with Crippen molar-refractivity contribution in [3.63, 3.8) is 0 Å². The fraction of sp³-hybridized carbons (Fsp3) is 0.294. The highest BCUT2D eigenvalue weighted by atomic mass is 19.1. The fourth-order valence-electron chi connectivity index (χ4n) is 2.47. The van der Waals surface area contributed by atoms with Crippen LogP contribution in [0.3, 0.4) is 0 Å². The average Bonchev–Trinajstić information content (AvgIpc) is 2.33. The summed E-state index contributed by atoms with van der Waals surface area (Å²) >= 11 is 0. The van der Waals surface area contributed by atoms with E-state index in [9.17, 15) is 9.50 Å². The average molecular weight is 273 g/mol. The van der Waals surface area contributed by atoms with Crippen LogP contribution in [-0.4, -0.2) is 11.7 Å². The number of aliphatic hydroxyl groups is 1. The van der Waals surface area contributed by atoms with Crippen LogP contribution in [0.15, 0.2) is 36.4 Å². The molecule has 0 heterocycles. The first-order valence-electron chi connectivity index (χ1n) is 6.70. The van der Waals surface area contributed by atoms with Crippen LogP contribution in [0.5, 0.6) is 0 Å². The number of aliphatic hydroxyl groups excluding tert-OH is 1. The standard InChI is InChI=1S/C17H20FNO/c1-11-4-12(2)6-14(5-11)17(10-20)19-16-8-13(3)7-15(18)9-16/h4-9,17,19-20H,10H2,1-3H3. The van der Waals surface area contributed by atoms with Crippen molar-refractivity contribution >= 4 is 5.69 Å². The van der Waals surface area contributed by atoms with Gasteiger partial charge in [-0.2, -0.15) is 0 Å². The van der Waals surface area contributed by atoms with Gasteiger partial charge in [-0.1, -0.05) is 29.3 Å². The highest BCUT2D eigenvalue weighted by molar-refractivity contribution is 5.48. The molecule has 2 nitrogen and oxygen atoms in total. The van der Waals surface area contributed by atoms with E-state index < -0.39 is 0 Å². The summed E-state index contributed by atoms with van der Waals surface area (Å²) in [4.78, 5) is 0. The highest BCUT2D eigenvalue weighted by Crippen LogP contribution is 2.23. The van der Waals surface area contributed by atoms with E-state index >= 15 is 0 Å². The first kappa shape index (κ1) is 14.5. The predicted molar refractivity (Wildman–Crippen MR) is 80.5 cm³/mol. The fourth-order valence-corrected chi connectivity index (χ4v) is 2.47. The van der Waals surface area contributed by atoms with Crippen molar-refractivity contribution < 1.29 is 9.50 Å². The molecular formula is C17H20FNO. The Hall–Kier alpha value is -1.87. The Labute approximate surface area is 119 Å². The molecule has 0 aromatic heterocycles. The molecule has 0 bridgehead atoms. The van der Waals surface area contributed by atoms with Gasteiger partial charge in [0.2, 0.25) is 0 Å². The molecule has 1 unspecified atom stereocenters. The number of hydrogen-bond donors (Lipinski definition) is 2. The minimum absolute atomic E-state index is 0.0432. The number of nitrogens with one attached hydrogen (secondary N) is 1. The summed E-state index contributed by atoms with van der Waals surface area (Å²) in [6.45, 7) is 5.85. The molecule has 1 atom stereocenters. The van der Waals surface area contributed by atoms with Crippen molar-refractivity contribution in [2.75, 3.05) is 11.9 Å². The number of rotatable bonds is 4. The smallest absolute Gasteiger partial charge is 0.125 e. The van der Waals surface area contributed by atoms with E-state index in [4.69, 9.17) is 0 Å². The van der Waals surface area contributed by atoms with Crippen molar-refractivity contribution in [2.24, 2.45) is 0 Å². The minimum atomic E-state index is -0.274. The van der Waals surface area contributed by atoms with E-state index in [-0.39, 0.29) is 18.5 Å². The third-order valence-electron chi connectivity index (χ3n) is 3.21. The molecule has 0 aliphatic carbocycles. The molecule has 2 aromatic rings. The molecule has 0 saturated carbocycles. The lowest BCUT2D eigenvalue weighted by atomic mass is 10.0. The summed E-state index contributed by atoms with van der Waals surface area (Å²) in [5.41, 5.74) is 4.84. The number of aryl methyl sites for hydroxylation is 3. The molecule has 0 aliphatic heterocycles. The summed E-state index contributed by atoms with van der Waals surface area (Å²) in [6.07, 6.45) is 0. The molecule has 2 aromatic carbocycles. The molecule has 0 amide bonds. The highest BCUT2D eigenvalue weighted by Gasteiger charge is 2.12. The number of halogens is 1. The van der Waals surface area contributed by atoms with Crippen molar-refractivity contribution in [2.45, 2.75) is 26.8 Å². The second-order valence-corrected chi connectivity index (χ2v) is 5.32. The Morgan fingerprint density at radius 2 is 1.55 bits per heavy atom. The number of anilines is 1. The van der Waals surface area contributed by atoms with Crippen molar-refractivity contribution in [3.8, 4) is 0 Å². The molecule has 0 radical (unpaired) electrons. The van der Waals surface area contributed by atoms with Crippen molar-refractivity contribution in [1.82, 2.24) is 0 Å². The molecule has 20 heavy (non-hydrogen) atoms. The molecule has 0 saturated heterocycles. The van der Waals surface area contributed by atoms with Gasteiger partial charge in [-0.3, -0.25) is 0 Å².